The maximum absolute atomic E-state index is 13.9. The van der Waals surface area contributed by atoms with E-state index in [2.05, 4.69) is 19.9 Å². The molecule has 118 valence electrons. The molecule has 0 amide bonds. The first kappa shape index (κ1) is 14.0. The zero-order valence-corrected chi connectivity index (χ0v) is 12.0. The van der Waals surface area contributed by atoms with Crippen LogP contribution in [0.15, 0.2) is 58.8 Å². The minimum Gasteiger partial charge on any atom is -0.291 e. The van der Waals surface area contributed by atoms with Crippen molar-refractivity contribution in [2.45, 2.75) is 0 Å². The summed E-state index contributed by atoms with van der Waals surface area (Å²) in [6.07, 6.45) is 5.94. The molecule has 4 aromatic rings. The van der Waals surface area contributed by atoms with Gasteiger partial charge in [0.2, 0.25) is 5.95 Å². The van der Waals surface area contributed by atoms with E-state index in [4.69, 9.17) is 0 Å². The summed E-state index contributed by atoms with van der Waals surface area (Å²) in [5, 5.41) is 0.0710. The normalized spacial score (nSPS) is 11.0. The van der Waals surface area contributed by atoms with Gasteiger partial charge in [-0.05, 0) is 12.1 Å². The van der Waals surface area contributed by atoms with Gasteiger partial charge in [-0.1, -0.05) is 12.1 Å². The number of nitrogens with zero attached hydrogens (tertiary/aromatic N) is 5. The van der Waals surface area contributed by atoms with Gasteiger partial charge in [0.15, 0.2) is 5.65 Å². The van der Waals surface area contributed by atoms with Crippen molar-refractivity contribution in [3.8, 4) is 11.6 Å². The monoisotopic (exact) mass is 324 g/mol. The number of hydrogen-bond acceptors (Lipinski definition) is 5. The minimum absolute atomic E-state index is 0.0660. The number of fused-ring (bicyclic) bond motifs is 1. The molecule has 1 aromatic carbocycles. The minimum atomic E-state index is -0.784. The Morgan fingerprint density at radius 2 is 2.00 bits per heavy atom. The molecule has 0 aliphatic heterocycles. The molecule has 4 rings (SSSR count). The molecule has 0 saturated heterocycles. The zero-order chi connectivity index (χ0) is 16.7. The van der Waals surface area contributed by atoms with Gasteiger partial charge in [-0.25, -0.2) is 23.7 Å². The standard InChI is InChI=1S/C15H9FN6O2/c16-10-3-1-2-4-11(10)22-13(23)9-7-18-14(21-6-5-17-8-21)19-12(9)20-15(22)24/h1-8H,(H,18,19,20,24). The third-order valence-electron chi connectivity index (χ3n) is 3.47. The van der Waals surface area contributed by atoms with Gasteiger partial charge in [0.1, 0.15) is 17.5 Å². The Balaban J connectivity index is 2.00. The van der Waals surface area contributed by atoms with Crippen LogP contribution in [0.3, 0.4) is 0 Å². The van der Waals surface area contributed by atoms with Gasteiger partial charge in [0.05, 0.1) is 5.69 Å². The van der Waals surface area contributed by atoms with Gasteiger partial charge < -0.3 is 0 Å². The Hall–Kier alpha value is -3.62. The van der Waals surface area contributed by atoms with E-state index in [0.29, 0.717) is 0 Å². The number of H-pyrrole nitrogens is 1. The predicted molar refractivity (Wildman–Crippen MR) is 82.8 cm³/mol. The van der Waals surface area contributed by atoms with E-state index in [1.54, 1.807) is 12.4 Å². The zero-order valence-electron chi connectivity index (χ0n) is 12.0. The third-order valence-corrected chi connectivity index (χ3v) is 3.47. The molecule has 0 saturated carbocycles. The smallest absolute Gasteiger partial charge is 0.291 e. The lowest BCUT2D eigenvalue weighted by molar-refractivity contribution is 0.613. The molecule has 9 heteroatoms. The second-order valence-corrected chi connectivity index (χ2v) is 4.92. The van der Waals surface area contributed by atoms with E-state index in [1.165, 1.54) is 41.4 Å². The topological polar surface area (TPSA) is 98.5 Å². The van der Waals surface area contributed by atoms with Crippen molar-refractivity contribution in [3.05, 3.63) is 75.8 Å². The number of aromatic amines is 1. The highest BCUT2D eigenvalue weighted by Gasteiger charge is 2.14. The van der Waals surface area contributed by atoms with Crippen LogP contribution in [-0.4, -0.2) is 29.1 Å². The number of nitrogens with one attached hydrogen (secondary N) is 1. The largest absolute Gasteiger partial charge is 0.334 e. The van der Waals surface area contributed by atoms with Crippen LogP contribution in [0.5, 0.6) is 0 Å². The Kier molecular flexibility index (Phi) is 3.05. The van der Waals surface area contributed by atoms with Crippen molar-refractivity contribution in [2.24, 2.45) is 0 Å². The fraction of sp³-hybridized carbons (Fsp3) is 0. The number of aromatic nitrogens is 6. The molecule has 24 heavy (non-hydrogen) atoms. The summed E-state index contributed by atoms with van der Waals surface area (Å²) >= 11 is 0. The second-order valence-electron chi connectivity index (χ2n) is 4.92. The molecule has 3 aromatic heterocycles. The molecule has 0 atom stereocenters. The summed E-state index contributed by atoms with van der Waals surface area (Å²) in [6.45, 7) is 0. The van der Waals surface area contributed by atoms with Crippen LogP contribution in [0, 0.1) is 5.82 Å². The first-order chi connectivity index (χ1) is 11.6. The van der Waals surface area contributed by atoms with Gasteiger partial charge >= 0.3 is 5.69 Å². The number of benzene rings is 1. The molecule has 3 heterocycles. The quantitative estimate of drug-likeness (QED) is 0.588. The van der Waals surface area contributed by atoms with Crippen LogP contribution in [0.2, 0.25) is 0 Å². The first-order valence-electron chi connectivity index (χ1n) is 6.90. The summed E-state index contributed by atoms with van der Waals surface area (Å²) < 4.78 is 16.2. The van der Waals surface area contributed by atoms with Gasteiger partial charge in [-0.3, -0.25) is 14.3 Å². The molecule has 8 nitrogen and oxygen atoms in total. The van der Waals surface area contributed by atoms with Crippen molar-refractivity contribution in [1.82, 2.24) is 29.1 Å². The number of rotatable bonds is 2. The van der Waals surface area contributed by atoms with Crippen LogP contribution >= 0.6 is 0 Å². The maximum Gasteiger partial charge on any atom is 0.334 e. The lowest BCUT2D eigenvalue weighted by Crippen LogP contribution is -2.34. The van der Waals surface area contributed by atoms with Crippen LogP contribution in [0.1, 0.15) is 0 Å². The third kappa shape index (κ3) is 2.10. The summed E-state index contributed by atoms with van der Waals surface area (Å²) in [5.74, 6) is -0.431. The van der Waals surface area contributed by atoms with Crippen molar-refractivity contribution < 1.29 is 4.39 Å². The number of halogens is 1. The van der Waals surface area contributed by atoms with Gasteiger partial charge in [0, 0.05) is 18.6 Å². The number of imidazole rings is 1. The summed E-state index contributed by atoms with van der Waals surface area (Å²) in [5.41, 5.74) is -1.55. The number of para-hydroxylation sites is 1. The maximum atomic E-state index is 13.9. The lowest BCUT2D eigenvalue weighted by Gasteiger charge is -2.07. The lowest BCUT2D eigenvalue weighted by atomic mass is 10.3. The van der Waals surface area contributed by atoms with Crippen molar-refractivity contribution in [3.63, 3.8) is 0 Å². The second kappa shape index (κ2) is 5.23. The van der Waals surface area contributed by atoms with Crippen LogP contribution in [0.4, 0.5) is 4.39 Å². The molecular weight excluding hydrogens is 315 g/mol. The molecule has 0 unspecified atom stereocenters. The van der Waals surface area contributed by atoms with E-state index in [-0.39, 0.29) is 22.7 Å². The summed E-state index contributed by atoms with van der Waals surface area (Å²) in [7, 11) is 0. The average Bonchev–Trinajstić information content (AvgIpc) is 3.10. The molecule has 0 bridgehead atoms. The van der Waals surface area contributed by atoms with Crippen molar-refractivity contribution >= 4 is 11.0 Å². The molecule has 0 fully saturated rings. The van der Waals surface area contributed by atoms with Gasteiger partial charge in [-0.15, -0.1) is 0 Å². The summed E-state index contributed by atoms with van der Waals surface area (Å²) in [4.78, 5) is 39.4. The van der Waals surface area contributed by atoms with Crippen LogP contribution in [-0.2, 0) is 0 Å². The van der Waals surface area contributed by atoms with E-state index >= 15 is 0 Å². The molecule has 0 aliphatic rings. The Morgan fingerprint density at radius 1 is 1.17 bits per heavy atom. The molecule has 1 N–H and O–H groups in total. The van der Waals surface area contributed by atoms with Crippen LogP contribution in [0.25, 0.3) is 22.7 Å². The average molecular weight is 324 g/mol. The van der Waals surface area contributed by atoms with Gasteiger partial charge in [0.25, 0.3) is 5.56 Å². The molecule has 0 aliphatic carbocycles. The fourth-order valence-electron chi connectivity index (χ4n) is 2.35. The number of hydrogen-bond donors (Lipinski definition) is 1. The Bertz CT molecular complexity index is 1160. The first-order valence-corrected chi connectivity index (χ1v) is 6.90. The van der Waals surface area contributed by atoms with E-state index in [0.717, 1.165) is 4.57 Å². The predicted octanol–water partition coefficient (Wildman–Crippen LogP) is 0.794. The Morgan fingerprint density at radius 3 is 2.75 bits per heavy atom. The van der Waals surface area contributed by atoms with Gasteiger partial charge in [-0.2, -0.15) is 4.98 Å². The fourth-order valence-corrected chi connectivity index (χ4v) is 2.35. The van der Waals surface area contributed by atoms with Crippen LogP contribution < -0.4 is 11.2 Å². The van der Waals surface area contributed by atoms with E-state index < -0.39 is 17.1 Å². The molecular formula is C15H9FN6O2. The highest BCUT2D eigenvalue weighted by molar-refractivity contribution is 5.73. The SMILES string of the molecule is O=c1[nH]c2nc(-n3ccnc3)ncc2c(=O)n1-c1ccccc1F. The highest BCUT2D eigenvalue weighted by atomic mass is 19.1. The summed E-state index contributed by atoms with van der Waals surface area (Å²) in [6, 6.07) is 5.52. The Labute approximate surface area is 132 Å². The van der Waals surface area contributed by atoms with Crippen molar-refractivity contribution in [1.29, 1.82) is 0 Å². The highest BCUT2D eigenvalue weighted by Crippen LogP contribution is 2.10. The van der Waals surface area contributed by atoms with E-state index in [9.17, 15) is 14.0 Å². The molecule has 0 spiro atoms. The van der Waals surface area contributed by atoms with Crippen molar-refractivity contribution in [2.75, 3.05) is 0 Å². The molecule has 0 radical (unpaired) electrons. The van der Waals surface area contributed by atoms with E-state index in [1.807, 2.05) is 0 Å².